The minimum Gasteiger partial charge on any atom is -0.450 e. The number of nitrogens with zero attached hydrogens (tertiary/aromatic N) is 1. The summed E-state index contributed by atoms with van der Waals surface area (Å²) < 4.78 is 10.3. The fourth-order valence-electron chi connectivity index (χ4n) is 2.23. The largest absolute Gasteiger partial charge is 0.450 e. The third kappa shape index (κ3) is 5.69. The number of morpholine rings is 1. The van der Waals surface area contributed by atoms with Crippen LogP contribution in [0.2, 0.25) is 0 Å². The first kappa shape index (κ1) is 15.2. The van der Waals surface area contributed by atoms with Gasteiger partial charge in [0.2, 0.25) is 0 Å². The zero-order valence-corrected chi connectivity index (χ0v) is 11.8. The monoisotopic (exact) mass is 258 g/mol. The van der Waals surface area contributed by atoms with E-state index in [9.17, 15) is 4.79 Å². The van der Waals surface area contributed by atoms with Gasteiger partial charge in [0.1, 0.15) is 0 Å². The molecule has 1 N–H and O–H groups in total. The average molecular weight is 258 g/mol. The van der Waals surface area contributed by atoms with E-state index >= 15 is 0 Å². The third-order valence-corrected chi connectivity index (χ3v) is 3.06. The summed E-state index contributed by atoms with van der Waals surface area (Å²) in [7, 11) is 0. The van der Waals surface area contributed by atoms with Gasteiger partial charge in [-0.1, -0.05) is 13.8 Å². The van der Waals surface area contributed by atoms with Crippen LogP contribution in [0, 0.1) is 5.92 Å². The molecule has 1 aliphatic rings. The summed E-state index contributed by atoms with van der Waals surface area (Å²) in [6, 6.07) is 0.373. The lowest BCUT2D eigenvalue weighted by molar-refractivity contribution is 0.0123. The first-order chi connectivity index (χ1) is 8.63. The Morgan fingerprint density at radius 3 is 2.61 bits per heavy atom. The van der Waals surface area contributed by atoms with Crippen molar-refractivity contribution in [3.05, 3.63) is 0 Å². The second-order valence-corrected chi connectivity index (χ2v) is 5.03. The van der Waals surface area contributed by atoms with Crippen LogP contribution < -0.4 is 5.32 Å². The lowest BCUT2D eigenvalue weighted by Crippen LogP contribution is -2.49. The maximum atomic E-state index is 11.3. The van der Waals surface area contributed by atoms with E-state index in [-0.39, 0.29) is 6.09 Å². The van der Waals surface area contributed by atoms with Crippen molar-refractivity contribution in [1.29, 1.82) is 0 Å². The Bertz CT molecular complexity index is 240. The van der Waals surface area contributed by atoms with Crippen LogP contribution in [0.15, 0.2) is 0 Å². The molecule has 1 heterocycles. The quantitative estimate of drug-likeness (QED) is 0.784. The highest BCUT2D eigenvalue weighted by molar-refractivity contribution is 5.67. The highest BCUT2D eigenvalue weighted by Gasteiger charge is 2.22. The SMILES string of the molecule is CCOC(=O)NCC(CC(C)C)N1CCOCC1. The summed E-state index contributed by atoms with van der Waals surface area (Å²) in [5.74, 6) is 0.613. The van der Waals surface area contributed by atoms with Gasteiger partial charge < -0.3 is 14.8 Å². The highest BCUT2D eigenvalue weighted by Crippen LogP contribution is 2.12. The van der Waals surface area contributed by atoms with Crippen molar-refractivity contribution < 1.29 is 14.3 Å². The fourth-order valence-corrected chi connectivity index (χ4v) is 2.23. The molecule has 0 aliphatic carbocycles. The van der Waals surface area contributed by atoms with Crippen LogP contribution in [0.1, 0.15) is 27.2 Å². The van der Waals surface area contributed by atoms with E-state index in [4.69, 9.17) is 9.47 Å². The van der Waals surface area contributed by atoms with Gasteiger partial charge >= 0.3 is 6.09 Å². The molecule has 0 spiro atoms. The van der Waals surface area contributed by atoms with Crippen molar-refractivity contribution in [2.45, 2.75) is 33.2 Å². The minimum atomic E-state index is -0.320. The van der Waals surface area contributed by atoms with Gasteiger partial charge in [-0.15, -0.1) is 0 Å². The third-order valence-electron chi connectivity index (χ3n) is 3.06. The molecule has 1 rings (SSSR count). The average Bonchev–Trinajstić information content (AvgIpc) is 2.35. The first-order valence-corrected chi connectivity index (χ1v) is 6.86. The topological polar surface area (TPSA) is 50.8 Å². The van der Waals surface area contributed by atoms with Gasteiger partial charge in [-0.3, -0.25) is 4.90 Å². The Morgan fingerprint density at radius 1 is 1.39 bits per heavy atom. The standard InChI is InChI=1S/C13H26N2O3/c1-4-18-13(16)14-10-12(9-11(2)3)15-5-7-17-8-6-15/h11-12H,4-10H2,1-3H3,(H,14,16). The summed E-state index contributed by atoms with van der Waals surface area (Å²) >= 11 is 0. The van der Waals surface area contributed by atoms with Crippen molar-refractivity contribution in [3.63, 3.8) is 0 Å². The Balaban J connectivity index is 2.41. The molecule has 18 heavy (non-hydrogen) atoms. The number of hydrogen-bond acceptors (Lipinski definition) is 4. The molecular formula is C13H26N2O3. The zero-order chi connectivity index (χ0) is 13.4. The number of carbonyl (C=O) groups excluding carboxylic acids is 1. The molecule has 5 heteroatoms. The predicted molar refractivity (Wildman–Crippen MR) is 70.7 cm³/mol. The van der Waals surface area contributed by atoms with Crippen molar-refractivity contribution in [3.8, 4) is 0 Å². The summed E-state index contributed by atoms with van der Waals surface area (Å²) in [6.45, 7) is 10.8. The molecule has 1 fully saturated rings. The number of nitrogens with one attached hydrogen (secondary N) is 1. The van der Waals surface area contributed by atoms with Gasteiger partial charge in [0, 0.05) is 25.7 Å². The molecule has 5 nitrogen and oxygen atoms in total. The van der Waals surface area contributed by atoms with Crippen LogP contribution in [-0.4, -0.2) is 56.5 Å². The van der Waals surface area contributed by atoms with Gasteiger partial charge in [0.15, 0.2) is 0 Å². The molecular weight excluding hydrogens is 232 g/mol. The molecule has 1 amide bonds. The van der Waals surface area contributed by atoms with Gasteiger partial charge in [-0.2, -0.15) is 0 Å². The highest BCUT2D eigenvalue weighted by atomic mass is 16.5. The van der Waals surface area contributed by atoms with Gasteiger partial charge in [-0.25, -0.2) is 4.79 Å². The van der Waals surface area contributed by atoms with E-state index in [1.54, 1.807) is 0 Å². The Morgan fingerprint density at radius 2 is 2.06 bits per heavy atom. The van der Waals surface area contributed by atoms with E-state index in [1.807, 2.05) is 6.92 Å². The summed E-state index contributed by atoms with van der Waals surface area (Å²) in [4.78, 5) is 13.7. The molecule has 1 unspecified atom stereocenters. The molecule has 0 radical (unpaired) electrons. The lowest BCUT2D eigenvalue weighted by atomic mass is 10.0. The zero-order valence-electron chi connectivity index (χ0n) is 11.8. The predicted octanol–water partition coefficient (Wildman–Crippen LogP) is 1.48. The van der Waals surface area contributed by atoms with E-state index in [2.05, 4.69) is 24.1 Å². The summed E-state index contributed by atoms with van der Waals surface area (Å²) in [5.41, 5.74) is 0. The maximum absolute atomic E-state index is 11.3. The molecule has 1 aliphatic heterocycles. The first-order valence-electron chi connectivity index (χ1n) is 6.86. The van der Waals surface area contributed by atoms with Gasteiger partial charge in [0.05, 0.1) is 19.8 Å². The van der Waals surface area contributed by atoms with Crippen LogP contribution in [0.4, 0.5) is 4.79 Å². The molecule has 106 valence electrons. The fraction of sp³-hybridized carbons (Fsp3) is 0.923. The molecule has 0 bridgehead atoms. The van der Waals surface area contributed by atoms with Crippen LogP contribution in [-0.2, 0) is 9.47 Å². The van der Waals surface area contributed by atoms with E-state index < -0.39 is 0 Å². The number of rotatable bonds is 6. The smallest absolute Gasteiger partial charge is 0.407 e. The number of amides is 1. The van der Waals surface area contributed by atoms with Crippen molar-refractivity contribution >= 4 is 6.09 Å². The van der Waals surface area contributed by atoms with Crippen molar-refractivity contribution in [1.82, 2.24) is 10.2 Å². The molecule has 0 aromatic carbocycles. The second-order valence-electron chi connectivity index (χ2n) is 5.03. The normalized spacial score (nSPS) is 18.7. The van der Waals surface area contributed by atoms with E-state index in [1.165, 1.54) is 0 Å². The number of carbonyl (C=O) groups is 1. The van der Waals surface area contributed by atoms with Crippen molar-refractivity contribution in [2.75, 3.05) is 39.5 Å². The number of alkyl carbamates (subject to hydrolysis) is 1. The summed E-state index contributed by atoms with van der Waals surface area (Å²) in [6.07, 6.45) is 0.756. The van der Waals surface area contributed by atoms with Crippen LogP contribution in [0.5, 0.6) is 0 Å². The molecule has 1 atom stereocenters. The second kappa shape index (κ2) is 8.32. The van der Waals surface area contributed by atoms with E-state index in [0.29, 0.717) is 25.1 Å². The lowest BCUT2D eigenvalue weighted by Gasteiger charge is -2.35. The molecule has 0 aromatic rings. The number of ether oxygens (including phenoxy) is 2. The molecule has 0 aromatic heterocycles. The Labute approximate surface area is 110 Å². The summed E-state index contributed by atoms with van der Waals surface area (Å²) in [5, 5.41) is 2.84. The maximum Gasteiger partial charge on any atom is 0.407 e. The van der Waals surface area contributed by atoms with Crippen molar-refractivity contribution in [2.24, 2.45) is 5.92 Å². The molecule has 1 saturated heterocycles. The molecule has 0 saturated carbocycles. The van der Waals surface area contributed by atoms with Gasteiger partial charge in [0.25, 0.3) is 0 Å². The van der Waals surface area contributed by atoms with Crippen LogP contribution >= 0.6 is 0 Å². The van der Waals surface area contributed by atoms with Crippen LogP contribution in [0.25, 0.3) is 0 Å². The Hall–Kier alpha value is -0.810. The minimum absolute atomic E-state index is 0.320. The number of hydrogen-bond donors (Lipinski definition) is 1. The van der Waals surface area contributed by atoms with Crippen LogP contribution in [0.3, 0.4) is 0 Å². The van der Waals surface area contributed by atoms with E-state index in [0.717, 1.165) is 32.7 Å². The van der Waals surface area contributed by atoms with Gasteiger partial charge in [-0.05, 0) is 19.3 Å². The Kier molecular flexibility index (Phi) is 7.05.